The number of aldehydes is 1. The van der Waals surface area contributed by atoms with Crippen LogP contribution in [0.1, 0.15) is 68.6 Å². The quantitative estimate of drug-likeness (QED) is 0.0744. The Morgan fingerprint density at radius 3 is 1.92 bits per heavy atom. The first-order valence-electron chi connectivity index (χ1n) is 18.0. The summed E-state index contributed by atoms with van der Waals surface area (Å²) < 4.78 is 5.60. The summed E-state index contributed by atoms with van der Waals surface area (Å²) in [5, 5.41) is 19.9. The predicted octanol–water partition coefficient (Wildman–Crippen LogP) is 3.44. The van der Waals surface area contributed by atoms with E-state index in [1.54, 1.807) is 13.8 Å². The predicted molar refractivity (Wildman–Crippen MR) is 199 cm³/mol. The Balaban J connectivity index is 1.42. The van der Waals surface area contributed by atoms with Gasteiger partial charge in [-0.3, -0.25) is 19.2 Å². The molecule has 7 N–H and O–H groups in total. The molecule has 4 amide bonds. The molecule has 0 saturated heterocycles. The van der Waals surface area contributed by atoms with Gasteiger partial charge in [-0.1, -0.05) is 92.7 Å². The van der Waals surface area contributed by atoms with Crippen LogP contribution < -0.4 is 27.0 Å². The highest BCUT2D eigenvalue weighted by molar-refractivity contribution is 5.94. The van der Waals surface area contributed by atoms with Crippen molar-refractivity contribution in [2.75, 3.05) is 13.2 Å². The first-order valence-corrected chi connectivity index (χ1v) is 18.0. The number of carbonyl (C=O) groups excluding carboxylic acids is 5. The molecule has 0 radical (unpaired) electrons. The molecular weight excluding hydrogens is 678 g/mol. The number of benzene rings is 3. The monoisotopic (exact) mass is 727 g/mol. The number of rotatable bonds is 20. The lowest BCUT2D eigenvalue weighted by Gasteiger charge is -2.27. The smallest absolute Gasteiger partial charge is 0.407 e. The number of nitrogens with one attached hydrogen (secondary N) is 4. The van der Waals surface area contributed by atoms with Crippen LogP contribution in [-0.2, 0) is 35.1 Å². The first-order chi connectivity index (χ1) is 25.5. The first kappa shape index (κ1) is 40.2. The summed E-state index contributed by atoms with van der Waals surface area (Å²) in [5.41, 5.74) is 10.6. The van der Waals surface area contributed by atoms with Gasteiger partial charge in [-0.15, -0.1) is 0 Å². The van der Waals surface area contributed by atoms with Crippen LogP contribution >= 0.6 is 0 Å². The highest BCUT2D eigenvalue weighted by atomic mass is 16.5. The van der Waals surface area contributed by atoms with Crippen molar-refractivity contribution < 1.29 is 38.6 Å². The van der Waals surface area contributed by atoms with E-state index in [1.807, 2.05) is 78.9 Å². The number of hydrogen-bond donors (Lipinski definition) is 6. The van der Waals surface area contributed by atoms with Gasteiger partial charge in [0.1, 0.15) is 31.0 Å². The number of fused-ring (bicyclic) bond motifs is 3. The minimum absolute atomic E-state index is 0.0198. The summed E-state index contributed by atoms with van der Waals surface area (Å²) in [6, 6.07) is 20.5. The number of hydrogen-bond acceptors (Lipinski definition) is 8. The van der Waals surface area contributed by atoms with Crippen LogP contribution in [0.15, 0.2) is 78.9 Å². The molecule has 0 bridgehead atoms. The molecule has 53 heavy (non-hydrogen) atoms. The van der Waals surface area contributed by atoms with Crippen LogP contribution in [-0.4, -0.2) is 78.5 Å². The van der Waals surface area contributed by atoms with Gasteiger partial charge < -0.3 is 41.6 Å². The number of ether oxygens (including phenoxy) is 1. The van der Waals surface area contributed by atoms with E-state index < -0.39 is 66.3 Å². The molecule has 4 rings (SSSR count). The molecule has 0 unspecified atom stereocenters. The number of carboxylic acid groups (broad SMARTS) is 1. The van der Waals surface area contributed by atoms with Crippen LogP contribution in [0.2, 0.25) is 0 Å². The molecule has 4 atom stereocenters. The van der Waals surface area contributed by atoms with E-state index in [0.29, 0.717) is 25.7 Å². The lowest BCUT2D eigenvalue weighted by atomic mass is 9.98. The molecule has 13 heteroatoms. The van der Waals surface area contributed by atoms with E-state index in [-0.39, 0.29) is 31.8 Å². The van der Waals surface area contributed by atoms with Gasteiger partial charge in [0, 0.05) is 12.3 Å². The summed E-state index contributed by atoms with van der Waals surface area (Å²) in [4.78, 5) is 77.1. The number of nitrogens with two attached hydrogens (primary N) is 1. The summed E-state index contributed by atoms with van der Waals surface area (Å²) in [6.45, 7) is 3.75. The average Bonchev–Trinajstić information content (AvgIpc) is 3.47. The lowest BCUT2D eigenvalue weighted by molar-refractivity contribution is -0.137. The molecule has 0 fully saturated rings. The molecule has 0 saturated carbocycles. The van der Waals surface area contributed by atoms with Crippen LogP contribution in [0.4, 0.5) is 4.79 Å². The molecule has 3 aromatic carbocycles. The Bertz CT molecular complexity index is 1690. The molecule has 282 valence electrons. The number of carbonyl (C=O) groups is 6. The summed E-state index contributed by atoms with van der Waals surface area (Å²) >= 11 is 0. The molecule has 0 aromatic heterocycles. The van der Waals surface area contributed by atoms with Gasteiger partial charge in [-0.2, -0.15) is 0 Å². The zero-order chi connectivity index (χ0) is 38.3. The summed E-state index contributed by atoms with van der Waals surface area (Å²) in [5.74, 6) is -3.89. The maximum atomic E-state index is 13.7. The van der Waals surface area contributed by atoms with E-state index in [0.717, 1.165) is 27.8 Å². The fourth-order valence-corrected chi connectivity index (χ4v) is 6.42. The van der Waals surface area contributed by atoms with Gasteiger partial charge >= 0.3 is 12.1 Å². The van der Waals surface area contributed by atoms with Crippen molar-refractivity contribution in [3.8, 4) is 11.1 Å². The van der Waals surface area contributed by atoms with Gasteiger partial charge in [0.15, 0.2) is 0 Å². The highest BCUT2D eigenvalue weighted by Gasteiger charge is 2.33. The number of alkyl carbamates (subject to hydrolysis) is 1. The zero-order valence-electron chi connectivity index (χ0n) is 30.1. The maximum Gasteiger partial charge on any atom is 0.407 e. The second-order valence-corrected chi connectivity index (χ2v) is 13.5. The average molecular weight is 728 g/mol. The fourth-order valence-electron chi connectivity index (χ4n) is 6.42. The minimum atomic E-state index is -1.34. The Labute approximate surface area is 309 Å². The molecule has 0 heterocycles. The van der Waals surface area contributed by atoms with Crippen LogP contribution in [0.3, 0.4) is 0 Å². The minimum Gasteiger partial charge on any atom is -0.481 e. The Morgan fingerprint density at radius 2 is 1.34 bits per heavy atom. The van der Waals surface area contributed by atoms with Crippen LogP contribution in [0.5, 0.6) is 0 Å². The van der Waals surface area contributed by atoms with E-state index in [2.05, 4.69) is 21.3 Å². The SMILES string of the molecule is CC(C)[C@H](NC(=O)[C@H](CCC(=O)O)NC(=O)OCC1c2ccccc2-c2ccccc21)C(=O)N[C@@H](CCCCN)C(=O)N[C@H](C=O)Cc1ccccc1. The molecule has 1 aliphatic rings. The van der Waals surface area contributed by atoms with Gasteiger partial charge in [-0.05, 0) is 72.4 Å². The normalized spacial score (nSPS) is 14.1. The van der Waals surface area contributed by atoms with Crippen molar-refractivity contribution in [1.29, 1.82) is 0 Å². The Morgan fingerprint density at radius 1 is 0.755 bits per heavy atom. The van der Waals surface area contributed by atoms with Crippen molar-refractivity contribution >= 4 is 36.1 Å². The van der Waals surface area contributed by atoms with Crippen molar-refractivity contribution in [2.45, 2.75) is 82.5 Å². The van der Waals surface area contributed by atoms with E-state index >= 15 is 0 Å². The third-order valence-electron chi connectivity index (χ3n) is 9.22. The molecule has 1 aliphatic carbocycles. The second kappa shape index (κ2) is 19.9. The number of amides is 4. The molecule has 0 aliphatic heterocycles. The van der Waals surface area contributed by atoms with Gasteiger partial charge in [-0.25, -0.2) is 4.79 Å². The lowest BCUT2D eigenvalue weighted by Crippen LogP contribution is -2.59. The molecular formula is C40H49N5O8. The fraction of sp³-hybridized carbons (Fsp3) is 0.400. The molecule has 3 aromatic rings. The second-order valence-electron chi connectivity index (χ2n) is 13.5. The van der Waals surface area contributed by atoms with Gasteiger partial charge in [0.05, 0.1) is 6.04 Å². The number of aliphatic carboxylic acids is 1. The van der Waals surface area contributed by atoms with Crippen molar-refractivity contribution in [2.24, 2.45) is 11.7 Å². The van der Waals surface area contributed by atoms with E-state index in [1.165, 1.54) is 0 Å². The summed E-state index contributed by atoms with van der Waals surface area (Å²) in [6.07, 6.45) is 0.618. The van der Waals surface area contributed by atoms with Crippen LogP contribution in [0.25, 0.3) is 11.1 Å². The number of unbranched alkanes of at least 4 members (excludes halogenated alkanes) is 1. The maximum absolute atomic E-state index is 13.7. The van der Waals surface area contributed by atoms with Crippen molar-refractivity contribution in [3.05, 3.63) is 95.6 Å². The van der Waals surface area contributed by atoms with Crippen molar-refractivity contribution in [1.82, 2.24) is 21.3 Å². The zero-order valence-corrected chi connectivity index (χ0v) is 30.1. The largest absolute Gasteiger partial charge is 0.481 e. The highest BCUT2D eigenvalue weighted by Crippen LogP contribution is 2.44. The van der Waals surface area contributed by atoms with Crippen LogP contribution in [0, 0.1) is 5.92 Å². The van der Waals surface area contributed by atoms with E-state index in [4.69, 9.17) is 10.5 Å². The van der Waals surface area contributed by atoms with Gasteiger partial charge in [0.25, 0.3) is 0 Å². The Hall–Kier alpha value is -5.56. The summed E-state index contributed by atoms with van der Waals surface area (Å²) in [7, 11) is 0. The standard InChI is InChI=1S/C40H49N5O8/c1-25(2)36(39(51)43-33(18-10-11-21-41)37(49)42-27(23-46)22-26-12-4-3-5-13-26)45-38(50)34(19-20-35(47)48)44-40(52)53-24-32-30-16-8-6-14-28(30)29-15-7-9-17-31(29)32/h3-9,12-17,23,25,27,32-34,36H,10-11,18-22,24,41H2,1-2H3,(H,42,49)(H,43,51)(H,44,52)(H,45,50)(H,47,48)/t27-,33-,34-,36-/m0/s1. The third-order valence-corrected chi connectivity index (χ3v) is 9.22. The molecule has 0 spiro atoms. The van der Waals surface area contributed by atoms with Crippen molar-refractivity contribution in [3.63, 3.8) is 0 Å². The number of carboxylic acids is 1. The van der Waals surface area contributed by atoms with E-state index in [9.17, 15) is 33.9 Å². The third kappa shape index (κ3) is 11.5. The Kier molecular flexibility index (Phi) is 15.1. The topological polar surface area (TPSA) is 206 Å². The van der Waals surface area contributed by atoms with Gasteiger partial charge in [0.2, 0.25) is 17.7 Å². The molecule has 13 nitrogen and oxygen atoms in total.